The lowest BCUT2D eigenvalue weighted by atomic mass is 10.1. The van der Waals surface area contributed by atoms with Crippen LogP contribution < -0.4 is 0 Å². The first-order chi connectivity index (χ1) is 10.4. The zero-order valence-corrected chi connectivity index (χ0v) is 12.4. The smallest absolute Gasteiger partial charge is 0.0716 e. The number of hydrogen-bond donors (Lipinski definition) is 0. The number of fused-ring (bicyclic) bond motifs is 3. The average Bonchev–Trinajstić information content (AvgIpc) is 2.88. The molecule has 0 N–H and O–H groups in total. The molecule has 0 spiro atoms. The molecule has 2 heteroatoms. The largest absolute Gasteiger partial charge is 0.250 e. The van der Waals surface area contributed by atoms with Crippen LogP contribution in [0.5, 0.6) is 0 Å². The molecule has 0 bridgehead atoms. The van der Waals surface area contributed by atoms with E-state index in [9.17, 15) is 0 Å². The van der Waals surface area contributed by atoms with Crippen molar-refractivity contribution < 1.29 is 0 Å². The van der Waals surface area contributed by atoms with Crippen LogP contribution in [-0.2, 0) is 17.2 Å². The molecule has 0 amide bonds. The van der Waals surface area contributed by atoms with E-state index in [4.69, 9.17) is 4.36 Å². The number of benzene rings is 3. The summed E-state index contributed by atoms with van der Waals surface area (Å²) in [5.74, 6) is 0. The van der Waals surface area contributed by atoms with E-state index in [0.29, 0.717) is 0 Å². The Morgan fingerprint density at radius 1 is 0.619 bits per heavy atom. The van der Waals surface area contributed by atoms with Gasteiger partial charge in [-0.1, -0.05) is 66.7 Å². The van der Waals surface area contributed by atoms with E-state index in [2.05, 4.69) is 72.8 Å². The van der Waals surface area contributed by atoms with Crippen molar-refractivity contribution in [2.45, 2.75) is 16.3 Å². The van der Waals surface area contributed by atoms with E-state index >= 15 is 0 Å². The van der Waals surface area contributed by atoms with Gasteiger partial charge < -0.3 is 0 Å². The van der Waals surface area contributed by atoms with Crippen LogP contribution in [0.25, 0.3) is 11.1 Å². The Morgan fingerprint density at radius 3 is 1.76 bits per heavy atom. The monoisotopic (exact) mass is 289 g/mol. The molecule has 1 nitrogen and oxygen atoms in total. The van der Waals surface area contributed by atoms with Crippen LogP contribution in [0.15, 0.2) is 93.0 Å². The van der Waals surface area contributed by atoms with E-state index in [1.54, 1.807) is 0 Å². The third-order valence-electron chi connectivity index (χ3n) is 3.70. The summed E-state index contributed by atoms with van der Waals surface area (Å²) in [5.41, 5.74) is 3.95. The van der Waals surface area contributed by atoms with Crippen molar-refractivity contribution in [2.24, 2.45) is 4.36 Å². The molecule has 0 saturated carbocycles. The summed E-state index contributed by atoms with van der Waals surface area (Å²) in [4.78, 5) is 2.71. The summed E-state index contributed by atoms with van der Waals surface area (Å²) >= 11 is 0. The Labute approximate surface area is 127 Å². The van der Waals surface area contributed by atoms with Gasteiger partial charge in [0, 0.05) is 9.79 Å². The van der Waals surface area contributed by atoms with Gasteiger partial charge in [-0.3, -0.25) is 4.36 Å². The highest BCUT2D eigenvalue weighted by Gasteiger charge is 2.22. The van der Waals surface area contributed by atoms with Gasteiger partial charge in [-0.05, 0) is 39.5 Å². The second kappa shape index (κ2) is 5.30. The van der Waals surface area contributed by atoms with Crippen LogP contribution in [0.2, 0.25) is 0 Å². The van der Waals surface area contributed by atoms with Crippen LogP contribution in [-0.4, -0.2) is 0 Å². The molecular weight excluding hydrogens is 274 g/mol. The Kier molecular flexibility index (Phi) is 3.17. The minimum atomic E-state index is -0.153. The zero-order chi connectivity index (χ0) is 14.1. The summed E-state index contributed by atoms with van der Waals surface area (Å²) in [5, 5.41) is 0. The lowest BCUT2D eigenvalue weighted by molar-refractivity contribution is 1.09. The molecule has 0 atom stereocenters. The van der Waals surface area contributed by atoms with Crippen molar-refractivity contribution in [1.82, 2.24) is 0 Å². The van der Waals surface area contributed by atoms with Crippen LogP contribution in [0, 0.1) is 0 Å². The van der Waals surface area contributed by atoms with Crippen molar-refractivity contribution in [3.63, 3.8) is 0 Å². The Bertz CT molecular complexity index is 774. The van der Waals surface area contributed by atoms with Crippen LogP contribution in [0.4, 0.5) is 0 Å². The van der Waals surface area contributed by atoms with Gasteiger partial charge in [-0.2, -0.15) is 0 Å². The Balaban J connectivity index is 1.82. The molecule has 1 aliphatic rings. The number of nitrogens with zero attached hydrogens (tertiary/aromatic N) is 1. The fourth-order valence-corrected chi connectivity index (χ4v) is 4.68. The maximum absolute atomic E-state index is 5.00. The molecule has 3 aromatic rings. The fraction of sp³-hybridized carbons (Fsp3) is 0.0526. The highest BCUT2D eigenvalue weighted by atomic mass is 32.2. The average molecular weight is 289 g/mol. The molecule has 3 aromatic carbocycles. The van der Waals surface area contributed by atoms with E-state index in [0.717, 1.165) is 6.54 Å². The van der Waals surface area contributed by atoms with Crippen LogP contribution in [0.1, 0.15) is 5.56 Å². The van der Waals surface area contributed by atoms with E-state index in [1.165, 1.54) is 26.5 Å². The van der Waals surface area contributed by atoms with E-state index in [1.807, 2.05) is 6.07 Å². The van der Waals surface area contributed by atoms with Crippen LogP contribution in [0.3, 0.4) is 0 Å². The number of hydrogen-bond acceptors (Lipinski definition) is 1. The summed E-state index contributed by atoms with van der Waals surface area (Å²) in [6.07, 6.45) is 0. The van der Waals surface area contributed by atoms with Gasteiger partial charge in [0.25, 0.3) is 0 Å². The fourth-order valence-electron chi connectivity index (χ4n) is 2.70. The minimum absolute atomic E-state index is 0.153. The summed E-state index contributed by atoms with van der Waals surface area (Å²) < 4.78 is 5.00. The van der Waals surface area contributed by atoms with Crippen molar-refractivity contribution in [3.05, 3.63) is 84.4 Å². The molecule has 0 aromatic heterocycles. The molecule has 1 heterocycles. The second-order valence-electron chi connectivity index (χ2n) is 5.05. The van der Waals surface area contributed by atoms with Crippen molar-refractivity contribution in [2.75, 3.05) is 0 Å². The molecule has 21 heavy (non-hydrogen) atoms. The SMILES string of the molecule is c1ccc(CN=S2c3ccccc3-c3ccccc32)cc1. The Hall–Kier alpha value is -2.19. The predicted octanol–water partition coefficient (Wildman–Crippen LogP) is 5.09. The summed E-state index contributed by atoms with van der Waals surface area (Å²) in [6, 6.07) is 27.8. The molecule has 4 rings (SSSR count). The molecule has 1 aliphatic heterocycles. The highest BCUT2D eigenvalue weighted by molar-refractivity contribution is 7.88. The molecule has 0 aliphatic carbocycles. The van der Waals surface area contributed by atoms with Gasteiger partial charge >= 0.3 is 0 Å². The Morgan fingerprint density at radius 2 is 1.14 bits per heavy atom. The van der Waals surface area contributed by atoms with Gasteiger partial charge in [0.1, 0.15) is 0 Å². The normalized spacial score (nSPS) is 12.8. The van der Waals surface area contributed by atoms with Gasteiger partial charge in [-0.25, -0.2) is 0 Å². The summed E-state index contributed by atoms with van der Waals surface area (Å²) in [7, 11) is -0.153. The molecule has 0 fully saturated rings. The number of rotatable bonds is 2. The zero-order valence-electron chi connectivity index (χ0n) is 11.6. The topological polar surface area (TPSA) is 12.4 Å². The maximum atomic E-state index is 5.00. The van der Waals surface area contributed by atoms with Gasteiger partial charge in [0.05, 0.1) is 6.54 Å². The third kappa shape index (κ3) is 2.22. The van der Waals surface area contributed by atoms with Gasteiger partial charge in [0.2, 0.25) is 0 Å². The molecule has 0 unspecified atom stereocenters. The third-order valence-corrected chi connectivity index (χ3v) is 5.63. The maximum Gasteiger partial charge on any atom is 0.0716 e. The van der Waals surface area contributed by atoms with E-state index < -0.39 is 0 Å². The van der Waals surface area contributed by atoms with Gasteiger partial charge in [-0.15, -0.1) is 0 Å². The first-order valence-corrected chi connectivity index (χ1v) is 8.26. The molecule has 0 radical (unpaired) electrons. The highest BCUT2D eigenvalue weighted by Crippen LogP contribution is 2.41. The quantitative estimate of drug-likeness (QED) is 0.487. The summed E-state index contributed by atoms with van der Waals surface area (Å²) in [6.45, 7) is 0.770. The van der Waals surface area contributed by atoms with Crippen molar-refractivity contribution in [1.29, 1.82) is 0 Å². The molecular formula is C19H15NS. The van der Waals surface area contributed by atoms with E-state index in [-0.39, 0.29) is 10.7 Å². The standard InChI is InChI=1S/C19H15NS/c1-2-8-15(9-3-1)14-20-21-18-12-6-4-10-16(18)17-11-5-7-13-19(17)21/h1-13H,14H2. The van der Waals surface area contributed by atoms with Gasteiger partial charge in [0.15, 0.2) is 0 Å². The minimum Gasteiger partial charge on any atom is -0.250 e. The second-order valence-corrected chi connectivity index (χ2v) is 6.76. The predicted molar refractivity (Wildman–Crippen MR) is 88.3 cm³/mol. The first-order valence-electron chi connectivity index (χ1n) is 7.08. The lowest BCUT2D eigenvalue weighted by Gasteiger charge is -2.04. The van der Waals surface area contributed by atoms with Crippen molar-refractivity contribution in [3.8, 4) is 11.1 Å². The van der Waals surface area contributed by atoms with Crippen molar-refractivity contribution >= 4 is 10.7 Å². The molecule has 102 valence electrons. The van der Waals surface area contributed by atoms with Crippen LogP contribution >= 0.6 is 0 Å². The molecule has 0 saturated heterocycles. The lowest BCUT2D eigenvalue weighted by Crippen LogP contribution is -1.89. The first kappa shape index (κ1) is 12.5.